The Morgan fingerprint density at radius 2 is 2.00 bits per heavy atom. The number of benzene rings is 1. The fourth-order valence-corrected chi connectivity index (χ4v) is 1.63. The number of ether oxygens (including phenoxy) is 2. The van der Waals surface area contributed by atoms with E-state index in [0.717, 1.165) is 12.1 Å². The van der Waals surface area contributed by atoms with Gasteiger partial charge >= 0.3 is 6.36 Å². The van der Waals surface area contributed by atoms with Crippen molar-refractivity contribution in [1.82, 2.24) is 0 Å². The average molecular weight is 279 g/mol. The number of alkyl halides is 3. The summed E-state index contributed by atoms with van der Waals surface area (Å²) in [6.45, 7) is 1.75. The first-order valence-corrected chi connectivity index (χ1v) is 5.65. The third kappa shape index (κ3) is 4.29. The van der Waals surface area contributed by atoms with Crippen molar-refractivity contribution < 1.29 is 27.8 Å². The zero-order valence-electron chi connectivity index (χ0n) is 10.6. The van der Waals surface area contributed by atoms with Crippen LogP contribution in [0.2, 0.25) is 0 Å². The largest absolute Gasteiger partial charge is 0.573 e. The zero-order valence-corrected chi connectivity index (χ0v) is 10.6. The highest BCUT2D eigenvalue weighted by Gasteiger charge is 2.31. The van der Waals surface area contributed by atoms with Gasteiger partial charge in [0.15, 0.2) is 0 Å². The monoisotopic (exact) mass is 279 g/mol. The maximum atomic E-state index is 12.1. The van der Waals surface area contributed by atoms with Crippen LogP contribution in [0.5, 0.6) is 11.5 Å². The van der Waals surface area contributed by atoms with E-state index >= 15 is 0 Å². The van der Waals surface area contributed by atoms with Gasteiger partial charge in [0, 0.05) is 11.6 Å². The van der Waals surface area contributed by atoms with Crippen molar-refractivity contribution in [1.29, 1.82) is 0 Å². The molecule has 0 aromatic heterocycles. The van der Waals surface area contributed by atoms with Gasteiger partial charge in [-0.2, -0.15) is 0 Å². The Kier molecular flexibility index (Phi) is 5.02. The molecule has 0 spiro atoms. The molecule has 2 atom stereocenters. The van der Waals surface area contributed by atoms with Crippen LogP contribution < -0.4 is 15.2 Å². The van der Waals surface area contributed by atoms with Gasteiger partial charge in [-0.15, -0.1) is 13.2 Å². The lowest BCUT2D eigenvalue weighted by atomic mass is 9.99. The summed E-state index contributed by atoms with van der Waals surface area (Å²) in [6, 6.07) is 2.84. The van der Waals surface area contributed by atoms with Crippen molar-refractivity contribution in [2.45, 2.75) is 31.9 Å². The van der Waals surface area contributed by atoms with E-state index in [1.807, 2.05) is 0 Å². The van der Waals surface area contributed by atoms with E-state index in [1.54, 1.807) is 6.92 Å². The van der Waals surface area contributed by atoms with Crippen LogP contribution in [0, 0.1) is 0 Å². The van der Waals surface area contributed by atoms with Gasteiger partial charge in [-0.25, -0.2) is 0 Å². The molecule has 108 valence electrons. The van der Waals surface area contributed by atoms with Gasteiger partial charge in [0.1, 0.15) is 11.5 Å². The van der Waals surface area contributed by atoms with E-state index in [9.17, 15) is 18.3 Å². The molecule has 0 aliphatic rings. The smallest absolute Gasteiger partial charge is 0.496 e. The van der Waals surface area contributed by atoms with Crippen LogP contribution >= 0.6 is 0 Å². The topological polar surface area (TPSA) is 64.7 Å². The normalized spacial score (nSPS) is 14.9. The van der Waals surface area contributed by atoms with Gasteiger partial charge in [-0.05, 0) is 18.6 Å². The Morgan fingerprint density at radius 3 is 2.47 bits per heavy atom. The zero-order chi connectivity index (χ0) is 14.6. The van der Waals surface area contributed by atoms with Crippen molar-refractivity contribution in [3.63, 3.8) is 0 Å². The van der Waals surface area contributed by atoms with Crippen molar-refractivity contribution in [3.8, 4) is 11.5 Å². The molecule has 0 aliphatic heterocycles. The Bertz CT molecular complexity index is 423. The molecule has 1 rings (SSSR count). The summed E-state index contributed by atoms with van der Waals surface area (Å²) in [5.41, 5.74) is 6.23. The molecule has 0 saturated carbocycles. The van der Waals surface area contributed by atoms with Gasteiger partial charge in [-0.1, -0.05) is 6.92 Å². The van der Waals surface area contributed by atoms with Gasteiger partial charge in [-0.3, -0.25) is 0 Å². The number of halogens is 3. The highest BCUT2D eigenvalue weighted by atomic mass is 19.4. The van der Waals surface area contributed by atoms with Crippen molar-refractivity contribution in [2.24, 2.45) is 5.73 Å². The van der Waals surface area contributed by atoms with Crippen LogP contribution in [-0.4, -0.2) is 24.7 Å². The lowest BCUT2D eigenvalue weighted by Crippen LogP contribution is -2.26. The molecule has 4 nitrogen and oxygen atoms in total. The Morgan fingerprint density at radius 1 is 1.37 bits per heavy atom. The minimum absolute atomic E-state index is 0.141. The van der Waals surface area contributed by atoms with Crippen LogP contribution in [0.25, 0.3) is 0 Å². The first kappa shape index (κ1) is 15.6. The molecule has 0 heterocycles. The SMILES string of the molecule is CC[C@@H](O)[C@@H](N)c1ccc(OC(F)(F)F)cc1OC. The Hall–Kier alpha value is -1.47. The minimum atomic E-state index is -4.77. The van der Waals surface area contributed by atoms with E-state index in [2.05, 4.69) is 4.74 Å². The number of hydrogen-bond acceptors (Lipinski definition) is 4. The molecule has 0 bridgehead atoms. The molecular formula is C12H16F3NO3. The fourth-order valence-electron chi connectivity index (χ4n) is 1.63. The predicted molar refractivity (Wildman–Crippen MR) is 62.9 cm³/mol. The number of nitrogens with two attached hydrogens (primary N) is 1. The maximum Gasteiger partial charge on any atom is 0.573 e. The molecule has 1 aromatic carbocycles. The average Bonchev–Trinajstić information content (AvgIpc) is 2.34. The number of hydrogen-bond donors (Lipinski definition) is 2. The van der Waals surface area contributed by atoms with Crippen LogP contribution in [0.3, 0.4) is 0 Å². The van der Waals surface area contributed by atoms with Gasteiger partial charge in [0.2, 0.25) is 0 Å². The summed E-state index contributed by atoms with van der Waals surface area (Å²) >= 11 is 0. The third-order valence-corrected chi connectivity index (χ3v) is 2.63. The van der Waals surface area contributed by atoms with E-state index < -0.39 is 24.3 Å². The molecule has 3 N–H and O–H groups in total. The fraction of sp³-hybridized carbons (Fsp3) is 0.500. The van der Waals surface area contributed by atoms with Crippen LogP contribution in [0.15, 0.2) is 18.2 Å². The standard InChI is InChI=1S/C12H16F3NO3/c1-3-9(17)11(16)8-5-4-7(6-10(8)18-2)19-12(13,14)15/h4-6,9,11,17H,3,16H2,1-2H3/t9-,11+/m1/s1. The maximum absolute atomic E-state index is 12.1. The summed E-state index contributed by atoms with van der Waals surface area (Å²) in [6.07, 6.45) is -5.15. The summed E-state index contributed by atoms with van der Waals surface area (Å²) in [4.78, 5) is 0. The molecule has 1 aromatic rings. The molecule has 19 heavy (non-hydrogen) atoms. The Balaban J connectivity index is 3.03. The second-order valence-electron chi connectivity index (χ2n) is 3.95. The van der Waals surface area contributed by atoms with Crippen LogP contribution in [-0.2, 0) is 0 Å². The van der Waals surface area contributed by atoms with Gasteiger partial charge < -0.3 is 20.3 Å². The highest BCUT2D eigenvalue weighted by molar-refractivity contribution is 5.42. The van der Waals surface area contributed by atoms with E-state index in [0.29, 0.717) is 12.0 Å². The van der Waals surface area contributed by atoms with Crippen LogP contribution in [0.4, 0.5) is 13.2 Å². The second kappa shape index (κ2) is 6.12. The molecule has 0 radical (unpaired) electrons. The predicted octanol–water partition coefficient (Wildman–Crippen LogP) is 2.36. The first-order valence-electron chi connectivity index (χ1n) is 5.65. The summed E-state index contributed by atoms with van der Waals surface area (Å²) in [5, 5.41) is 9.66. The second-order valence-corrected chi connectivity index (χ2v) is 3.95. The van der Waals surface area contributed by atoms with Gasteiger partial charge in [0.25, 0.3) is 0 Å². The summed E-state index contributed by atoms with van der Waals surface area (Å²) in [7, 11) is 1.31. The lowest BCUT2D eigenvalue weighted by Gasteiger charge is -2.20. The molecule has 0 aliphatic carbocycles. The summed E-state index contributed by atoms with van der Waals surface area (Å²) < 4.78 is 45.0. The Labute approximate surface area is 108 Å². The van der Waals surface area contributed by atoms with Crippen molar-refractivity contribution in [3.05, 3.63) is 23.8 Å². The highest BCUT2D eigenvalue weighted by Crippen LogP contribution is 2.32. The van der Waals surface area contributed by atoms with E-state index in [4.69, 9.17) is 10.5 Å². The third-order valence-electron chi connectivity index (χ3n) is 2.63. The summed E-state index contributed by atoms with van der Waals surface area (Å²) in [5.74, 6) is -0.256. The molecule has 0 unspecified atom stereocenters. The number of aliphatic hydroxyl groups excluding tert-OH is 1. The number of rotatable bonds is 5. The number of methoxy groups -OCH3 is 1. The van der Waals surface area contributed by atoms with E-state index in [-0.39, 0.29) is 5.75 Å². The van der Waals surface area contributed by atoms with E-state index in [1.165, 1.54) is 13.2 Å². The quantitative estimate of drug-likeness (QED) is 0.868. The minimum Gasteiger partial charge on any atom is -0.496 e. The van der Waals surface area contributed by atoms with Crippen molar-refractivity contribution >= 4 is 0 Å². The van der Waals surface area contributed by atoms with Crippen molar-refractivity contribution in [2.75, 3.05) is 7.11 Å². The molecule has 7 heteroatoms. The molecule has 0 fully saturated rings. The van der Waals surface area contributed by atoms with Crippen LogP contribution in [0.1, 0.15) is 24.9 Å². The van der Waals surface area contributed by atoms with Gasteiger partial charge in [0.05, 0.1) is 19.3 Å². The molecule has 0 saturated heterocycles. The molecule has 0 amide bonds. The first-order chi connectivity index (χ1) is 8.78. The lowest BCUT2D eigenvalue weighted by molar-refractivity contribution is -0.274. The molecular weight excluding hydrogens is 263 g/mol. The number of aliphatic hydroxyl groups is 1.